The number of rotatable bonds is 5. The van der Waals surface area contributed by atoms with Crippen LogP contribution in [0.3, 0.4) is 0 Å². The van der Waals surface area contributed by atoms with Crippen LogP contribution in [0.2, 0.25) is 0 Å². The van der Waals surface area contributed by atoms with Gasteiger partial charge in [-0.1, -0.05) is 6.07 Å². The maximum atomic E-state index is 14.7. The molecule has 0 bridgehead atoms. The van der Waals surface area contributed by atoms with Crippen molar-refractivity contribution in [2.24, 2.45) is 0 Å². The Morgan fingerprint density at radius 1 is 1.39 bits per heavy atom. The van der Waals surface area contributed by atoms with Crippen molar-refractivity contribution in [2.75, 3.05) is 18.5 Å². The third kappa shape index (κ3) is 4.28. The van der Waals surface area contributed by atoms with Crippen molar-refractivity contribution in [1.82, 2.24) is 14.5 Å². The van der Waals surface area contributed by atoms with E-state index in [0.717, 1.165) is 6.20 Å². The average Bonchev–Trinajstić information content (AvgIpc) is 2.75. The summed E-state index contributed by atoms with van der Waals surface area (Å²) in [6.45, 7) is 4.74. The Kier molecular flexibility index (Phi) is 6.22. The zero-order valence-electron chi connectivity index (χ0n) is 17.3. The Morgan fingerprint density at radius 3 is 2.90 bits per heavy atom. The number of ether oxygens (including phenoxy) is 1. The summed E-state index contributed by atoms with van der Waals surface area (Å²) in [6, 6.07) is 6.43. The number of nitrogens with zero attached hydrogens (tertiary/aromatic N) is 3. The zero-order chi connectivity index (χ0) is 22.1. The first-order valence-corrected chi connectivity index (χ1v) is 10.7. The van der Waals surface area contributed by atoms with Gasteiger partial charge in [0, 0.05) is 35.4 Å². The lowest BCUT2D eigenvalue weighted by atomic mass is 10.1. The van der Waals surface area contributed by atoms with Crippen LogP contribution in [0.1, 0.15) is 32.0 Å². The lowest BCUT2D eigenvalue weighted by molar-refractivity contribution is -0.0136. The second-order valence-corrected chi connectivity index (χ2v) is 8.17. The summed E-state index contributed by atoms with van der Waals surface area (Å²) < 4.78 is 21.9. The Bertz CT molecular complexity index is 1170. The smallest absolute Gasteiger partial charge is 0.223 e. The van der Waals surface area contributed by atoms with E-state index in [1.807, 2.05) is 18.4 Å². The Labute approximate surface area is 183 Å². The van der Waals surface area contributed by atoms with E-state index < -0.39 is 11.9 Å². The lowest BCUT2D eigenvalue weighted by Crippen LogP contribution is -2.42. The quantitative estimate of drug-likeness (QED) is 0.583. The molecule has 0 amide bonds. The summed E-state index contributed by atoms with van der Waals surface area (Å²) >= 11 is 6.08. The molecular weight excluding hydrogens is 423 g/mol. The minimum absolute atomic E-state index is 0.0505. The highest BCUT2D eigenvalue weighted by atomic mass is 35.5. The SMILES string of the molecule is CC(C)n1c(CCl)cc(=O)c2ccc(-c3nc(N[C@@H]4CCOC[C@H]4O)ncc3F)cc21. The maximum Gasteiger partial charge on any atom is 0.223 e. The number of benzene rings is 1. The molecule has 0 saturated carbocycles. The third-order valence-corrected chi connectivity index (χ3v) is 5.72. The van der Waals surface area contributed by atoms with Crippen molar-refractivity contribution in [1.29, 1.82) is 0 Å². The van der Waals surface area contributed by atoms with Crippen molar-refractivity contribution in [2.45, 2.75) is 44.3 Å². The second-order valence-electron chi connectivity index (χ2n) is 7.90. The maximum absolute atomic E-state index is 14.7. The number of fused-ring (bicyclic) bond motifs is 1. The molecule has 31 heavy (non-hydrogen) atoms. The van der Waals surface area contributed by atoms with E-state index in [0.29, 0.717) is 35.2 Å². The van der Waals surface area contributed by atoms with Gasteiger partial charge >= 0.3 is 0 Å². The van der Waals surface area contributed by atoms with Crippen molar-refractivity contribution < 1.29 is 14.2 Å². The average molecular weight is 447 g/mol. The third-order valence-electron chi connectivity index (χ3n) is 5.44. The first-order chi connectivity index (χ1) is 14.9. The lowest BCUT2D eigenvalue weighted by Gasteiger charge is -2.28. The van der Waals surface area contributed by atoms with Gasteiger partial charge in [0.2, 0.25) is 5.95 Å². The fourth-order valence-corrected chi connectivity index (χ4v) is 4.15. The molecule has 0 aliphatic carbocycles. The van der Waals surface area contributed by atoms with E-state index >= 15 is 0 Å². The molecule has 1 aliphatic rings. The van der Waals surface area contributed by atoms with Crippen LogP contribution in [0.5, 0.6) is 0 Å². The molecule has 1 fully saturated rings. The highest BCUT2D eigenvalue weighted by molar-refractivity contribution is 6.17. The van der Waals surface area contributed by atoms with Gasteiger partial charge in [0.25, 0.3) is 0 Å². The molecule has 0 unspecified atom stereocenters. The molecule has 4 rings (SSSR count). The van der Waals surface area contributed by atoms with Gasteiger partial charge in [-0.3, -0.25) is 4.79 Å². The van der Waals surface area contributed by atoms with E-state index in [9.17, 15) is 14.3 Å². The van der Waals surface area contributed by atoms with Gasteiger partial charge in [0.05, 0.1) is 36.3 Å². The molecule has 9 heteroatoms. The Hall–Kier alpha value is -2.55. The summed E-state index contributed by atoms with van der Waals surface area (Å²) in [5, 5.41) is 13.7. The number of anilines is 1. The number of pyridine rings is 1. The number of hydrogen-bond donors (Lipinski definition) is 2. The number of alkyl halides is 1. The molecular formula is C22H24ClFN4O3. The van der Waals surface area contributed by atoms with Crippen LogP contribution in [-0.2, 0) is 10.6 Å². The van der Waals surface area contributed by atoms with Crippen molar-refractivity contribution in [3.05, 3.63) is 52.2 Å². The first-order valence-electron chi connectivity index (χ1n) is 10.2. The fourth-order valence-electron chi connectivity index (χ4n) is 3.95. The van der Waals surface area contributed by atoms with Crippen LogP contribution in [0, 0.1) is 5.82 Å². The van der Waals surface area contributed by atoms with Crippen LogP contribution in [0.15, 0.2) is 35.3 Å². The molecule has 164 valence electrons. The van der Waals surface area contributed by atoms with E-state index in [4.69, 9.17) is 16.3 Å². The molecule has 0 radical (unpaired) electrons. The van der Waals surface area contributed by atoms with Gasteiger partial charge in [-0.25, -0.2) is 14.4 Å². The van der Waals surface area contributed by atoms with Crippen LogP contribution in [0.4, 0.5) is 10.3 Å². The number of aliphatic hydroxyl groups excluding tert-OH is 1. The van der Waals surface area contributed by atoms with Gasteiger partial charge in [-0.05, 0) is 32.4 Å². The molecule has 1 saturated heterocycles. The topological polar surface area (TPSA) is 89.3 Å². The summed E-state index contributed by atoms with van der Waals surface area (Å²) in [4.78, 5) is 20.9. The monoisotopic (exact) mass is 446 g/mol. The number of aromatic nitrogens is 3. The molecule has 2 aromatic heterocycles. The summed E-state index contributed by atoms with van der Waals surface area (Å²) in [5.74, 6) is -0.167. The van der Waals surface area contributed by atoms with Crippen molar-refractivity contribution in [3.8, 4) is 11.3 Å². The number of halogens is 2. The van der Waals surface area contributed by atoms with Crippen molar-refractivity contribution >= 4 is 28.5 Å². The number of nitrogens with one attached hydrogen (secondary N) is 1. The predicted molar refractivity (Wildman–Crippen MR) is 118 cm³/mol. The number of hydrogen-bond acceptors (Lipinski definition) is 6. The van der Waals surface area contributed by atoms with E-state index in [2.05, 4.69) is 15.3 Å². The fraction of sp³-hybridized carbons (Fsp3) is 0.409. The van der Waals surface area contributed by atoms with Gasteiger partial charge < -0.3 is 19.7 Å². The molecule has 3 heterocycles. The largest absolute Gasteiger partial charge is 0.389 e. The number of aliphatic hydroxyl groups is 1. The normalized spacial score (nSPS) is 19.2. The zero-order valence-corrected chi connectivity index (χ0v) is 18.1. The molecule has 3 aromatic rings. The molecule has 0 spiro atoms. The van der Waals surface area contributed by atoms with Crippen LogP contribution < -0.4 is 10.7 Å². The molecule has 2 atom stereocenters. The highest BCUT2D eigenvalue weighted by Gasteiger charge is 2.24. The van der Waals surface area contributed by atoms with Gasteiger partial charge in [-0.2, -0.15) is 0 Å². The van der Waals surface area contributed by atoms with E-state index in [1.54, 1.807) is 24.3 Å². The highest BCUT2D eigenvalue weighted by Crippen LogP contribution is 2.27. The molecule has 2 N–H and O–H groups in total. The van der Waals surface area contributed by atoms with Crippen LogP contribution >= 0.6 is 11.6 Å². The molecule has 1 aromatic carbocycles. The van der Waals surface area contributed by atoms with Gasteiger partial charge in [0.1, 0.15) is 5.69 Å². The van der Waals surface area contributed by atoms with Crippen molar-refractivity contribution in [3.63, 3.8) is 0 Å². The summed E-state index contributed by atoms with van der Waals surface area (Å²) in [7, 11) is 0. The van der Waals surface area contributed by atoms with E-state index in [-0.39, 0.29) is 41.6 Å². The second kappa shape index (κ2) is 8.90. The van der Waals surface area contributed by atoms with Crippen LogP contribution in [0.25, 0.3) is 22.2 Å². The Morgan fingerprint density at radius 2 is 2.19 bits per heavy atom. The summed E-state index contributed by atoms with van der Waals surface area (Å²) in [5.41, 5.74) is 1.87. The predicted octanol–water partition coefficient (Wildman–Crippen LogP) is 3.48. The standard InChI is InChI=1S/C22H24ClFN4O3/c1-12(2)28-14(9-23)8-19(29)15-4-3-13(7-18(15)28)21-16(24)10-25-22(27-21)26-17-5-6-31-11-20(17)30/h3-4,7-8,10,12,17,20,30H,5-6,9,11H2,1-2H3,(H,25,26,27)/t17-,20-/m1/s1. The minimum Gasteiger partial charge on any atom is -0.389 e. The van der Waals surface area contributed by atoms with Gasteiger partial charge in [0.15, 0.2) is 11.2 Å². The van der Waals surface area contributed by atoms with Gasteiger partial charge in [-0.15, -0.1) is 11.6 Å². The molecule has 1 aliphatic heterocycles. The van der Waals surface area contributed by atoms with Crippen LogP contribution in [-0.4, -0.2) is 45.0 Å². The minimum atomic E-state index is -0.694. The van der Waals surface area contributed by atoms with E-state index in [1.165, 1.54) is 0 Å². The molecule has 7 nitrogen and oxygen atoms in total. The Balaban J connectivity index is 1.79. The summed E-state index contributed by atoms with van der Waals surface area (Å²) in [6.07, 6.45) is 1.00. The first kappa shape index (κ1) is 21.7.